The van der Waals surface area contributed by atoms with Gasteiger partial charge in [0.05, 0.1) is 13.2 Å². The zero-order valence-electron chi connectivity index (χ0n) is 15.1. The first-order valence-electron chi connectivity index (χ1n) is 10.3. The van der Waals surface area contributed by atoms with Crippen LogP contribution in [0.3, 0.4) is 0 Å². The lowest BCUT2D eigenvalue weighted by molar-refractivity contribution is -0.157. The number of fused-ring (bicyclic) bond motifs is 5. The molecule has 5 fully saturated rings. The summed E-state index contributed by atoms with van der Waals surface area (Å²) in [4.78, 5) is 0. The van der Waals surface area contributed by atoms with Gasteiger partial charge in [-0.3, -0.25) is 0 Å². The van der Waals surface area contributed by atoms with Crippen LogP contribution in [0.4, 0.5) is 0 Å². The van der Waals surface area contributed by atoms with Gasteiger partial charge in [0.15, 0.2) is 5.79 Å². The molecule has 0 aromatic rings. The molecule has 1 heterocycles. The van der Waals surface area contributed by atoms with Crippen LogP contribution in [0.15, 0.2) is 0 Å². The number of rotatable bonds is 0. The summed E-state index contributed by atoms with van der Waals surface area (Å²) < 4.78 is 12.3. The summed E-state index contributed by atoms with van der Waals surface area (Å²) >= 11 is 0. The lowest BCUT2D eigenvalue weighted by atomic mass is 9.45. The van der Waals surface area contributed by atoms with Crippen molar-refractivity contribution in [2.24, 2.45) is 34.5 Å². The van der Waals surface area contributed by atoms with Crippen molar-refractivity contribution in [3.8, 4) is 0 Å². The fourth-order valence-corrected chi connectivity index (χ4v) is 8.05. The quantitative estimate of drug-likeness (QED) is 0.614. The molecular weight excluding hydrogens is 284 g/mol. The molecule has 0 amide bonds. The third-order valence-corrected chi connectivity index (χ3v) is 9.12. The summed E-state index contributed by atoms with van der Waals surface area (Å²) in [5, 5.41) is 0. The van der Waals surface area contributed by atoms with E-state index in [0.29, 0.717) is 10.8 Å². The highest BCUT2D eigenvalue weighted by Gasteiger charge is 2.63. The van der Waals surface area contributed by atoms with E-state index in [4.69, 9.17) is 9.47 Å². The normalized spacial score (nSPS) is 54.5. The van der Waals surface area contributed by atoms with Gasteiger partial charge >= 0.3 is 0 Å². The van der Waals surface area contributed by atoms with E-state index in [2.05, 4.69) is 13.8 Å². The Morgan fingerprint density at radius 1 is 0.826 bits per heavy atom. The fourth-order valence-electron chi connectivity index (χ4n) is 8.05. The highest BCUT2D eigenvalue weighted by Crippen LogP contribution is 2.68. The third kappa shape index (κ3) is 2.06. The van der Waals surface area contributed by atoms with Gasteiger partial charge in [0.1, 0.15) is 0 Å². The average Bonchev–Trinajstić information content (AvgIpc) is 3.10. The molecule has 4 aliphatic carbocycles. The molecule has 4 unspecified atom stereocenters. The van der Waals surface area contributed by atoms with E-state index in [1.165, 1.54) is 57.8 Å². The lowest BCUT2D eigenvalue weighted by Crippen LogP contribution is -2.51. The molecular formula is C21H34O2. The zero-order valence-corrected chi connectivity index (χ0v) is 15.1. The van der Waals surface area contributed by atoms with Gasteiger partial charge in [-0.2, -0.15) is 0 Å². The molecule has 0 bridgehead atoms. The van der Waals surface area contributed by atoms with Crippen molar-refractivity contribution in [2.45, 2.75) is 83.8 Å². The van der Waals surface area contributed by atoms with Crippen molar-refractivity contribution in [3.63, 3.8) is 0 Å². The van der Waals surface area contributed by atoms with Crippen LogP contribution in [-0.4, -0.2) is 19.0 Å². The highest BCUT2D eigenvalue weighted by molar-refractivity contribution is 5.10. The molecule has 0 N–H and O–H groups in total. The van der Waals surface area contributed by atoms with E-state index in [0.717, 1.165) is 43.3 Å². The Balaban J connectivity index is 1.45. The minimum Gasteiger partial charge on any atom is -0.348 e. The van der Waals surface area contributed by atoms with Gasteiger partial charge < -0.3 is 9.47 Å². The van der Waals surface area contributed by atoms with E-state index >= 15 is 0 Å². The molecule has 5 aliphatic rings. The minimum atomic E-state index is -0.196. The van der Waals surface area contributed by atoms with Crippen LogP contribution in [0.2, 0.25) is 0 Å². The maximum atomic E-state index is 6.15. The second kappa shape index (κ2) is 4.97. The molecule has 130 valence electrons. The van der Waals surface area contributed by atoms with Crippen LogP contribution < -0.4 is 0 Å². The van der Waals surface area contributed by atoms with Crippen molar-refractivity contribution < 1.29 is 9.47 Å². The van der Waals surface area contributed by atoms with Gasteiger partial charge in [-0.1, -0.05) is 26.7 Å². The van der Waals surface area contributed by atoms with Gasteiger partial charge in [0, 0.05) is 12.8 Å². The Morgan fingerprint density at radius 2 is 1.65 bits per heavy atom. The molecule has 5 rings (SSSR count). The van der Waals surface area contributed by atoms with E-state index < -0.39 is 0 Å². The van der Waals surface area contributed by atoms with Crippen LogP contribution >= 0.6 is 0 Å². The summed E-state index contributed by atoms with van der Waals surface area (Å²) in [7, 11) is 0. The van der Waals surface area contributed by atoms with Crippen molar-refractivity contribution in [2.75, 3.05) is 13.2 Å². The molecule has 1 aliphatic heterocycles. The van der Waals surface area contributed by atoms with Crippen molar-refractivity contribution in [1.82, 2.24) is 0 Å². The molecule has 4 saturated carbocycles. The highest BCUT2D eigenvalue weighted by atomic mass is 16.7. The monoisotopic (exact) mass is 318 g/mol. The summed E-state index contributed by atoms with van der Waals surface area (Å²) in [6.45, 7) is 6.86. The first kappa shape index (κ1) is 15.2. The maximum Gasteiger partial charge on any atom is 0.169 e. The topological polar surface area (TPSA) is 18.5 Å². The van der Waals surface area contributed by atoms with Gasteiger partial charge in [0.2, 0.25) is 0 Å². The maximum absolute atomic E-state index is 6.15. The Morgan fingerprint density at radius 3 is 2.48 bits per heavy atom. The molecule has 2 nitrogen and oxygen atoms in total. The zero-order chi connectivity index (χ0) is 15.7. The summed E-state index contributed by atoms with van der Waals surface area (Å²) in [6.07, 6.45) is 14.2. The van der Waals surface area contributed by atoms with E-state index in [1.807, 2.05) is 0 Å². The van der Waals surface area contributed by atoms with Crippen molar-refractivity contribution >= 4 is 0 Å². The largest absolute Gasteiger partial charge is 0.348 e. The molecule has 1 spiro atoms. The predicted molar refractivity (Wildman–Crippen MR) is 91.0 cm³/mol. The van der Waals surface area contributed by atoms with Gasteiger partial charge in [-0.25, -0.2) is 0 Å². The molecule has 23 heavy (non-hydrogen) atoms. The van der Waals surface area contributed by atoms with Crippen LogP contribution in [0.1, 0.15) is 78.1 Å². The van der Waals surface area contributed by atoms with Crippen LogP contribution in [-0.2, 0) is 9.47 Å². The second-order valence-electron chi connectivity index (χ2n) is 10.1. The Kier molecular flexibility index (Phi) is 3.29. The second-order valence-corrected chi connectivity index (χ2v) is 10.1. The third-order valence-electron chi connectivity index (χ3n) is 9.12. The summed E-state index contributed by atoms with van der Waals surface area (Å²) in [5.74, 6) is 3.60. The summed E-state index contributed by atoms with van der Waals surface area (Å²) in [5.41, 5.74) is 1.12. The molecule has 0 radical (unpaired) electrons. The van der Waals surface area contributed by atoms with Gasteiger partial charge in [-0.15, -0.1) is 0 Å². The molecule has 0 aromatic heterocycles. The minimum absolute atomic E-state index is 0.196. The van der Waals surface area contributed by atoms with Gasteiger partial charge in [0.25, 0.3) is 0 Å². The Bertz CT molecular complexity index is 482. The smallest absolute Gasteiger partial charge is 0.169 e. The number of hydrogen-bond donors (Lipinski definition) is 0. The Hall–Kier alpha value is -0.0800. The Labute approximate surface area is 141 Å². The van der Waals surface area contributed by atoms with E-state index in [9.17, 15) is 0 Å². The molecule has 1 saturated heterocycles. The number of ether oxygens (including phenoxy) is 2. The first-order chi connectivity index (χ1) is 11.0. The van der Waals surface area contributed by atoms with Crippen molar-refractivity contribution in [1.29, 1.82) is 0 Å². The molecule has 0 aromatic carbocycles. The molecule has 6 atom stereocenters. The molecule has 2 heteroatoms. The SMILES string of the molecule is CC12CCC3C(CC[C@H]4CCCCC34C)[C@@H]1CC1(C2)OCCO1. The van der Waals surface area contributed by atoms with Crippen LogP contribution in [0.5, 0.6) is 0 Å². The lowest BCUT2D eigenvalue weighted by Gasteiger charge is -2.59. The average molecular weight is 319 g/mol. The number of hydrogen-bond acceptors (Lipinski definition) is 2. The van der Waals surface area contributed by atoms with Gasteiger partial charge in [-0.05, 0) is 73.0 Å². The predicted octanol–water partition coefficient (Wildman–Crippen LogP) is 5.16. The van der Waals surface area contributed by atoms with Crippen LogP contribution in [0.25, 0.3) is 0 Å². The first-order valence-corrected chi connectivity index (χ1v) is 10.3. The standard InChI is InChI=1S/C21H34O2/c1-19-10-8-17-16(7-6-15-5-3-4-9-20(15,17)2)18(19)13-21(14-19)22-11-12-23-21/h15-18H,3-14H2,1-2H3/t15-,16?,17?,18+,19?,20?/m1/s1. The van der Waals surface area contributed by atoms with Crippen LogP contribution in [0, 0.1) is 34.5 Å². The fraction of sp³-hybridized carbons (Fsp3) is 1.00. The van der Waals surface area contributed by atoms with E-state index in [-0.39, 0.29) is 5.79 Å². The van der Waals surface area contributed by atoms with E-state index in [1.54, 1.807) is 0 Å². The van der Waals surface area contributed by atoms with Crippen molar-refractivity contribution in [3.05, 3.63) is 0 Å². The summed E-state index contributed by atoms with van der Waals surface area (Å²) in [6, 6.07) is 0.